The minimum Gasteiger partial charge on any atom is -0.369 e. The number of nitrogens with one attached hydrogen (secondary N) is 1. The molecule has 0 bridgehead atoms. The average molecular weight is 314 g/mol. The van der Waals surface area contributed by atoms with Crippen LogP contribution in [-0.4, -0.2) is 22.6 Å². The molecule has 1 fully saturated rings. The van der Waals surface area contributed by atoms with Crippen molar-refractivity contribution in [2.75, 3.05) is 11.9 Å². The zero-order valence-corrected chi connectivity index (χ0v) is 12.7. The molecular weight excluding hydrogens is 294 g/mol. The van der Waals surface area contributed by atoms with Crippen LogP contribution in [0.2, 0.25) is 0 Å². The SMILES string of the molecule is CCNc1nc(C2CCC(C)O2)nc(CC)c1Br. The molecule has 0 aromatic carbocycles. The van der Waals surface area contributed by atoms with Crippen LogP contribution in [-0.2, 0) is 11.2 Å². The van der Waals surface area contributed by atoms with E-state index in [-0.39, 0.29) is 6.10 Å². The van der Waals surface area contributed by atoms with Crippen molar-refractivity contribution in [2.45, 2.75) is 52.2 Å². The molecule has 0 radical (unpaired) electrons. The van der Waals surface area contributed by atoms with Gasteiger partial charge in [0.25, 0.3) is 0 Å². The number of hydrogen-bond donors (Lipinski definition) is 1. The number of aryl methyl sites for hydroxylation is 1. The maximum Gasteiger partial charge on any atom is 0.159 e. The largest absolute Gasteiger partial charge is 0.369 e. The van der Waals surface area contributed by atoms with Crippen molar-refractivity contribution in [2.24, 2.45) is 0 Å². The second kappa shape index (κ2) is 5.97. The summed E-state index contributed by atoms with van der Waals surface area (Å²) in [5.41, 5.74) is 1.04. The highest BCUT2D eigenvalue weighted by molar-refractivity contribution is 9.10. The quantitative estimate of drug-likeness (QED) is 0.924. The van der Waals surface area contributed by atoms with Gasteiger partial charge in [-0.05, 0) is 49.0 Å². The number of rotatable bonds is 4. The molecule has 2 atom stereocenters. The molecule has 1 N–H and O–H groups in total. The third kappa shape index (κ3) is 2.83. The number of hydrogen-bond acceptors (Lipinski definition) is 4. The monoisotopic (exact) mass is 313 g/mol. The normalized spacial score (nSPS) is 23.3. The Hall–Kier alpha value is -0.680. The van der Waals surface area contributed by atoms with Crippen LogP contribution in [0.15, 0.2) is 4.47 Å². The van der Waals surface area contributed by atoms with Crippen molar-refractivity contribution < 1.29 is 4.74 Å². The molecule has 0 aliphatic carbocycles. The summed E-state index contributed by atoms with van der Waals surface area (Å²) in [5.74, 6) is 1.69. The van der Waals surface area contributed by atoms with Gasteiger partial charge in [0.15, 0.2) is 5.82 Å². The Morgan fingerprint density at radius 3 is 2.67 bits per heavy atom. The van der Waals surface area contributed by atoms with E-state index in [1.165, 1.54) is 0 Å². The molecule has 2 rings (SSSR count). The molecule has 2 heterocycles. The summed E-state index contributed by atoms with van der Waals surface area (Å²) in [7, 11) is 0. The van der Waals surface area contributed by atoms with E-state index in [1.54, 1.807) is 0 Å². The van der Waals surface area contributed by atoms with Crippen LogP contribution < -0.4 is 5.32 Å². The smallest absolute Gasteiger partial charge is 0.159 e. The molecule has 0 amide bonds. The lowest BCUT2D eigenvalue weighted by Gasteiger charge is -2.15. The molecule has 1 aliphatic rings. The molecule has 4 nitrogen and oxygen atoms in total. The number of anilines is 1. The molecule has 1 aromatic heterocycles. The van der Waals surface area contributed by atoms with Gasteiger partial charge in [0.05, 0.1) is 16.3 Å². The average Bonchev–Trinajstić information content (AvgIpc) is 2.79. The maximum atomic E-state index is 5.85. The number of halogens is 1. The van der Waals surface area contributed by atoms with Crippen molar-refractivity contribution in [3.05, 3.63) is 16.0 Å². The van der Waals surface area contributed by atoms with E-state index < -0.39 is 0 Å². The molecule has 0 saturated carbocycles. The minimum absolute atomic E-state index is 0.0517. The standard InChI is InChI=1S/C13H20BrN3O/c1-4-9-11(14)13(15-5-2)17-12(16-9)10-7-6-8(3)18-10/h8,10H,4-7H2,1-3H3,(H,15,16,17). The van der Waals surface area contributed by atoms with E-state index in [2.05, 4.69) is 52.0 Å². The lowest BCUT2D eigenvalue weighted by Crippen LogP contribution is -2.11. The van der Waals surface area contributed by atoms with Gasteiger partial charge in [-0.2, -0.15) is 0 Å². The molecule has 18 heavy (non-hydrogen) atoms. The lowest BCUT2D eigenvalue weighted by atomic mass is 10.2. The summed E-state index contributed by atoms with van der Waals surface area (Å²) < 4.78 is 6.83. The highest BCUT2D eigenvalue weighted by Crippen LogP contribution is 2.33. The summed E-state index contributed by atoms with van der Waals surface area (Å²) >= 11 is 3.57. The Kier molecular flexibility index (Phi) is 4.56. The first-order chi connectivity index (χ1) is 8.65. The first-order valence-corrected chi connectivity index (χ1v) is 7.40. The van der Waals surface area contributed by atoms with E-state index in [1.807, 2.05) is 0 Å². The molecule has 1 aromatic rings. The van der Waals surface area contributed by atoms with Gasteiger partial charge in [-0.3, -0.25) is 0 Å². The van der Waals surface area contributed by atoms with Crippen LogP contribution in [0.25, 0.3) is 0 Å². The summed E-state index contributed by atoms with van der Waals surface area (Å²) in [5, 5.41) is 3.27. The maximum absolute atomic E-state index is 5.85. The van der Waals surface area contributed by atoms with E-state index in [9.17, 15) is 0 Å². The van der Waals surface area contributed by atoms with E-state index in [4.69, 9.17) is 4.74 Å². The molecule has 100 valence electrons. The minimum atomic E-state index is 0.0517. The Labute approximate surface area is 117 Å². The molecule has 2 unspecified atom stereocenters. The fourth-order valence-corrected chi connectivity index (χ4v) is 2.77. The third-order valence-electron chi connectivity index (χ3n) is 3.14. The zero-order valence-electron chi connectivity index (χ0n) is 11.2. The van der Waals surface area contributed by atoms with Gasteiger partial charge < -0.3 is 10.1 Å². The van der Waals surface area contributed by atoms with Crippen molar-refractivity contribution in [3.8, 4) is 0 Å². The molecule has 0 spiro atoms. The van der Waals surface area contributed by atoms with Crippen LogP contribution in [0.4, 0.5) is 5.82 Å². The second-order valence-electron chi connectivity index (χ2n) is 4.59. The van der Waals surface area contributed by atoms with Crippen LogP contribution in [0.5, 0.6) is 0 Å². The van der Waals surface area contributed by atoms with Gasteiger partial charge >= 0.3 is 0 Å². The molecule has 1 aliphatic heterocycles. The Balaban J connectivity index is 2.32. The van der Waals surface area contributed by atoms with Crippen LogP contribution in [0, 0.1) is 0 Å². The predicted octanol–water partition coefficient (Wildman–Crippen LogP) is 3.47. The highest BCUT2D eigenvalue weighted by atomic mass is 79.9. The fourth-order valence-electron chi connectivity index (χ4n) is 2.17. The summed E-state index contributed by atoms with van der Waals surface area (Å²) in [6.45, 7) is 7.11. The van der Waals surface area contributed by atoms with Gasteiger partial charge in [0.2, 0.25) is 0 Å². The van der Waals surface area contributed by atoms with Gasteiger partial charge in [-0.1, -0.05) is 6.92 Å². The van der Waals surface area contributed by atoms with Crippen molar-refractivity contribution in [3.63, 3.8) is 0 Å². The van der Waals surface area contributed by atoms with Gasteiger partial charge in [0.1, 0.15) is 11.9 Å². The van der Waals surface area contributed by atoms with Crippen LogP contribution in [0.3, 0.4) is 0 Å². The lowest BCUT2D eigenvalue weighted by molar-refractivity contribution is 0.0502. The van der Waals surface area contributed by atoms with Crippen molar-refractivity contribution >= 4 is 21.7 Å². The zero-order chi connectivity index (χ0) is 13.1. The van der Waals surface area contributed by atoms with Gasteiger partial charge in [-0.25, -0.2) is 9.97 Å². The van der Waals surface area contributed by atoms with E-state index >= 15 is 0 Å². The first-order valence-electron chi connectivity index (χ1n) is 6.61. The van der Waals surface area contributed by atoms with Gasteiger partial charge in [-0.15, -0.1) is 0 Å². The summed E-state index contributed by atoms with van der Waals surface area (Å²) in [6.07, 6.45) is 3.35. The number of nitrogens with zero attached hydrogens (tertiary/aromatic N) is 2. The first kappa shape index (κ1) is 13.7. The topological polar surface area (TPSA) is 47.0 Å². The van der Waals surface area contributed by atoms with Gasteiger partial charge in [0, 0.05) is 6.54 Å². The summed E-state index contributed by atoms with van der Waals surface area (Å²) in [4.78, 5) is 9.22. The Morgan fingerprint density at radius 2 is 2.11 bits per heavy atom. The Morgan fingerprint density at radius 1 is 1.33 bits per heavy atom. The van der Waals surface area contributed by atoms with Crippen LogP contribution in [0.1, 0.15) is 51.2 Å². The number of ether oxygens (including phenoxy) is 1. The molecular formula is C13H20BrN3O. The van der Waals surface area contributed by atoms with Crippen molar-refractivity contribution in [1.29, 1.82) is 0 Å². The molecule has 1 saturated heterocycles. The third-order valence-corrected chi connectivity index (χ3v) is 3.97. The highest BCUT2D eigenvalue weighted by Gasteiger charge is 2.27. The number of aromatic nitrogens is 2. The Bertz CT molecular complexity index is 425. The molecule has 5 heteroatoms. The fraction of sp³-hybridized carbons (Fsp3) is 0.692. The van der Waals surface area contributed by atoms with Crippen LogP contribution >= 0.6 is 15.9 Å². The second-order valence-corrected chi connectivity index (χ2v) is 5.38. The van der Waals surface area contributed by atoms with E-state index in [0.717, 1.165) is 47.6 Å². The predicted molar refractivity (Wildman–Crippen MR) is 75.8 cm³/mol. The summed E-state index contributed by atoms with van der Waals surface area (Å²) in [6, 6.07) is 0. The van der Waals surface area contributed by atoms with E-state index in [0.29, 0.717) is 6.10 Å². The van der Waals surface area contributed by atoms with Crippen molar-refractivity contribution in [1.82, 2.24) is 9.97 Å².